The van der Waals surface area contributed by atoms with Crippen molar-refractivity contribution >= 4 is 7.92 Å². The Labute approximate surface area is 78.3 Å². The molecule has 0 aromatic rings. The summed E-state index contributed by atoms with van der Waals surface area (Å²) >= 11 is 0. The van der Waals surface area contributed by atoms with Crippen molar-refractivity contribution in [1.82, 2.24) is 0 Å². The molecule has 0 aromatic carbocycles. The normalized spacial score (nSPS) is 14.8. The first-order valence-corrected chi connectivity index (χ1v) is 6.63. The minimum atomic E-state index is -0.143. The van der Waals surface area contributed by atoms with E-state index in [-0.39, 0.29) is 13.8 Å². The number of hydrogen-bond acceptors (Lipinski definition) is 1. The molecule has 74 valence electrons. The molecule has 0 aliphatic carbocycles. The van der Waals surface area contributed by atoms with Crippen LogP contribution in [0.25, 0.3) is 0 Å². The summed E-state index contributed by atoms with van der Waals surface area (Å²) in [4.78, 5) is 0. The molecular formula is C10H23OP. The fourth-order valence-corrected chi connectivity index (χ4v) is 3.95. The number of aliphatic hydroxyl groups is 1. The third kappa shape index (κ3) is 5.97. The van der Waals surface area contributed by atoms with Crippen LogP contribution in [0.1, 0.15) is 34.6 Å². The fraction of sp³-hybridized carbons (Fsp3) is 1.00. The molecule has 0 rings (SSSR count). The molecule has 0 amide bonds. The van der Waals surface area contributed by atoms with Gasteiger partial charge in [0.15, 0.2) is 0 Å². The Morgan fingerprint density at radius 2 is 1.25 bits per heavy atom. The van der Waals surface area contributed by atoms with Crippen molar-refractivity contribution in [2.45, 2.75) is 40.5 Å². The van der Waals surface area contributed by atoms with Crippen molar-refractivity contribution in [3.63, 3.8) is 0 Å². The van der Waals surface area contributed by atoms with Crippen LogP contribution in [0.2, 0.25) is 0 Å². The highest BCUT2D eigenvalue weighted by Gasteiger charge is 2.16. The summed E-state index contributed by atoms with van der Waals surface area (Å²) < 4.78 is 0. The van der Waals surface area contributed by atoms with E-state index in [2.05, 4.69) is 27.7 Å². The molecule has 0 saturated carbocycles. The van der Waals surface area contributed by atoms with Crippen molar-refractivity contribution in [2.24, 2.45) is 11.8 Å². The number of hydrogen-bond donors (Lipinski definition) is 1. The van der Waals surface area contributed by atoms with Gasteiger partial charge in [0.2, 0.25) is 0 Å². The Balaban J connectivity index is 3.87. The SMILES string of the molecule is CC(C)CP(CC(C)C)C(C)O. The lowest BCUT2D eigenvalue weighted by molar-refractivity contribution is 0.276. The Morgan fingerprint density at radius 1 is 0.917 bits per heavy atom. The third-order valence-electron chi connectivity index (χ3n) is 1.73. The molecular weight excluding hydrogens is 167 g/mol. The van der Waals surface area contributed by atoms with Crippen LogP contribution >= 0.6 is 7.92 Å². The van der Waals surface area contributed by atoms with Gasteiger partial charge in [0.25, 0.3) is 0 Å². The van der Waals surface area contributed by atoms with E-state index in [1.165, 1.54) is 12.3 Å². The molecule has 0 fully saturated rings. The first-order chi connectivity index (χ1) is 5.43. The van der Waals surface area contributed by atoms with Crippen LogP contribution in [0.15, 0.2) is 0 Å². The second kappa shape index (κ2) is 5.94. The fourth-order valence-electron chi connectivity index (χ4n) is 1.32. The van der Waals surface area contributed by atoms with E-state index in [1.54, 1.807) is 0 Å². The van der Waals surface area contributed by atoms with Crippen LogP contribution in [0, 0.1) is 11.8 Å². The molecule has 12 heavy (non-hydrogen) atoms. The minimum Gasteiger partial charge on any atom is -0.389 e. The lowest BCUT2D eigenvalue weighted by Gasteiger charge is -2.24. The quantitative estimate of drug-likeness (QED) is 0.660. The van der Waals surface area contributed by atoms with E-state index < -0.39 is 0 Å². The van der Waals surface area contributed by atoms with E-state index >= 15 is 0 Å². The van der Waals surface area contributed by atoms with Gasteiger partial charge in [-0.15, -0.1) is 0 Å². The highest BCUT2D eigenvalue weighted by Crippen LogP contribution is 2.43. The average Bonchev–Trinajstić information content (AvgIpc) is 1.83. The maximum atomic E-state index is 9.54. The molecule has 1 unspecified atom stereocenters. The predicted molar refractivity (Wildman–Crippen MR) is 58.0 cm³/mol. The number of aliphatic hydroxyl groups excluding tert-OH is 1. The van der Waals surface area contributed by atoms with Crippen LogP contribution in [-0.4, -0.2) is 23.3 Å². The van der Waals surface area contributed by atoms with E-state index in [4.69, 9.17) is 0 Å². The van der Waals surface area contributed by atoms with Crippen molar-refractivity contribution in [3.8, 4) is 0 Å². The van der Waals surface area contributed by atoms with Crippen LogP contribution < -0.4 is 0 Å². The van der Waals surface area contributed by atoms with Crippen molar-refractivity contribution in [2.75, 3.05) is 12.3 Å². The molecule has 1 atom stereocenters. The molecule has 0 saturated heterocycles. The third-order valence-corrected chi connectivity index (χ3v) is 5.18. The maximum Gasteiger partial charge on any atom is 0.0702 e. The number of rotatable bonds is 5. The summed E-state index contributed by atoms with van der Waals surface area (Å²) in [6, 6.07) is 0. The Morgan fingerprint density at radius 3 is 1.42 bits per heavy atom. The van der Waals surface area contributed by atoms with E-state index in [9.17, 15) is 5.11 Å². The Bertz CT molecular complexity index is 100. The zero-order chi connectivity index (χ0) is 9.72. The lowest BCUT2D eigenvalue weighted by atomic mass is 10.3. The van der Waals surface area contributed by atoms with Crippen LogP contribution in [0.4, 0.5) is 0 Å². The smallest absolute Gasteiger partial charge is 0.0702 e. The first kappa shape index (κ1) is 12.4. The van der Waals surface area contributed by atoms with Gasteiger partial charge >= 0.3 is 0 Å². The molecule has 0 radical (unpaired) electrons. The molecule has 0 bridgehead atoms. The highest BCUT2D eigenvalue weighted by atomic mass is 31.1. The second-order valence-corrected chi connectivity index (χ2v) is 7.03. The highest BCUT2D eigenvalue weighted by molar-refractivity contribution is 7.58. The molecule has 1 N–H and O–H groups in total. The van der Waals surface area contributed by atoms with E-state index in [1.807, 2.05) is 6.92 Å². The van der Waals surface area contributed by atoms with Crippen molar-refractivity contribution < 1.29 is 5.11 Å². The standard InChI is InChI=1S/C10H23OP/c1-8(2)6-12(10(5)11)7-9(3)4/h8-11H,6-7H2,1-5H3. The summed E-state index contributed by atoms with van der Waals surface area (Å²) in [5.74, 6) is 1.37. The molecule has 0 spiro atoms. The second-order valence-electron chi connectivity index (χ2n) is 4.37. The van der Waals surface area contributed by atoms with Gasteiger partial charge in [0.05, 0.1) is 5.85 Å². The Kier molecular flexibility index (Phi) is 6.13. The Hall–Kier alpha value is 0.390. The molecule has 2 heteroatoms. The summed E-state index contributed by atoms with van der Waals surface area (Å²) in [6.45, 7) is 10.9. The lowest BCUT2D eigenvalue weighted by Crippen LogP contribution is -2.10. The van der Waals surface area contributed by atoms with Crippen LogP contribution in [0.3, 0.4) is 0 Å². The zero-order valence-corrected chi connectivity index (χ0v) is 9.94. The molecule has 0 heterocycles. The van der Waals surface area contributed by atoms with Crippen LogP contribution in [-0.2, 0) is 0 Å². The molecule has 0 aliphatic heterocycles. The van der Waals surface area contributed by atoms with Gasteiger partial charge in [-0.25, -0.2) is 0 Å². The van der Waals surface area contributed by atoms with Gasteiger partial charge in [0, 0.05) is 0 Å². The van der Waals surface area contributed by atoms with E-state index in [0.717, 1.165) is 11.8 Å². The van der Waals surface area contributed by atoms with Gasteiger partial charge in [0.1, 0.15) is 0 Å². The van der Waals surface area contributed by atoms with E-state index in [0.29, 0.717) is 0 Å². The van der Waals surface area contributed by atoms with Crippen LogP contribution in [0.5, 0.6) is 0 Å². The topological polar surface area (TPSA) is 20.2 Å². The summed E-state index contributed by atoms with van der Waals surface area (Å²) in [7, 11) is -0.143. The zero-order valence-electron chi connectivity index (χ0n) is 9.04. The van der Waals surface area contributed by atoms with Gasteiger partial charge in [-0.1, -0.05) is 35.6 Å². The average molecular weight is 190 g/mol. The summed E-state index contributed by atoms with van der Waals surface area (Å²) in [5.41, 5.74) is 0. The monoisotopic (exact) mass is 190 g/mol. The summed E-state index contributed by atoms with van der Waals surface area (Å²) in [6.07, 6.45) is 2.43. The largest absolute Gasteiger partial charge is 0.389 e. The molecule has 0 aliphatic rings. The predicted octanol–water partition coefficient (Wildman–Crippen LogP) is 3.12. The maximum absolute atomic E-state index is 9.54. The van der Waals surface area contributed by atoms with Crippen molar-refractivity contribution in [1.29, 1.82) is 0 Å². The molecule has 0 aromatic heterocycles. The van der Waals surface area contributed by atoms with Gasteiger partial charge < -0.3 is 5.11 Å². The van der Waals surface area contributed by atoms with Gasteiger partial charge in [-0.2, -0.15) is 0 Å². The van der Waals surface area contributed by atoms with Gasteiger partial charge in [-0.3, -0.25) is 0 Å². The molecule has 1 nitrogen and oxygen atoms in total. The van der Waals surface area contributed by atoms with Crippen molar-refractivity contribution in [3.05, 3.63) is 0 Å². The first-order valence-electron chi connectivity index (χ1n) is 4.85. The minimum absolute atomic E-state index is 0.0789. The van der Waals surface area contributed by atoms with Gasteiger partial charge in [-0.05, 0) is 31.1 Å². The summed E-state index contributed by atoms with van der Waals surface area (Å²) in [5, 5.41) is 9.54.